The highest BCUT2D eigenvalue weighted by Crippen LogP contribution is 2.26. The first kappa shape index (κ1) is 14.6. The minimum absolute atomic E-state index is 0.0459. The molecule has 2 aromatic carbocycles. The van der Waals surface area contributed by atoms with E-state index in [1.807, 2.05) is 32.0 Å². The van der Waals surface area contributed by atoms with Gasteiger partial charge >= 0.3 is 0 Å². The molecule has 3 nitrogen and oxygen atoms in total. The number of hydrogen-bond acceptors (Lipinski definition) is 2. The van der Waals surface area contributed by atoms with E-state index in [-0.39, 0.29) is 11.9 Å². The summed E-state index contributed by atoms with van der Waals surface area (Å²) in [6, 6.07) is 12.2. The second kappa shape index (κ2) is 5.84. The molecule has 1 heterocycles. The van der Waals surface area contributed by atoms with Gasteiger partial charge in [0.2, 0.25) is 5.91 Å². The van der Waals surface area contributed by atoms with E-state index < -0.39 is 0 Å². The number of carbonyl (C=O) groups is 1. The lowest BCUT2D eigenvalue weighted by Crippen LogP contribution is -2.37. The summed E-state index contributed by atoms with van der Waals surface area (Å²) in [5.74, 6) is 0.0459. The highest BCUT2D eigenvalue weighted by molar-refractivity contribution is 5.98. The Labute approximate surface area is 131 Å². The van der Waals surface area contributed by atoms with Crippen LogP contribution in [0.25, 0.3) is 0 Å². The van der Waals surface area contributed by atoms with Crippen molar-refractivity contribution in [2.75, 3.05) is 10.6 Å². The molecule has 0 radical (unpaired) electrons. The Hall–Kier alpha value is -2.29. The number of nitrogens with one attached hydrogen (secondary N) is 2. The molecule has 2 N–H and O–H groups in total. The number of amides is 1. The van der Waals surface area contributed by atoms with Crippen molar-refractivity contribution < 1.29 is 4.79 Å². The van der Waals surface area contributed by atoms with Crippen LogP contribution in [0.2, 0.25) is 0 Å². The first-order chi connectivity index (χ1) is 10.5. The first-order valence-electron chi connectivity index (χ1n) is 7.78. The Balaban J connectivity index is 1.77. The molecule has 0 aromatic heterocycles. The Morgan fingerprint density at radius 2 is 1.82 bits per heavy atom. The molecular weight excluding hydrogens is 272 g/mol. The van der Waals surface area contributed by atoms with Gasteiger partial charge in [-0.25, -0.2) is 0 Å². The van der Waals surface area contributed by atoms with Crippen molar-refractivity contribution in [3.63, 3.8) is 0 Å². The molecule has 0 saturated carbocycles. The maximum atomic E-state index is 12.6. The number of rotatable bonds is 2. The summed E-state index contributed by atoms with van der Waals surface area (Å²) in [6.07, 6.45) is 1.76. The van der Waals surface area contributed by atoms with Gasteiger partial charge in [0.05, 0.1) is 0 Å². The molecule has 0 spiro atoms. The van der Waals surface area contributed by atoms with E-state index >= 15 is 0 Å². The minimum Gasteiger partial charge on any atom is -0.373 e. The first-order valence-corrected chi connectivity index (χ1v) is 7.78. The molecule has 0 saturated heterocycles. The molecule has 1 unspecified atom stereocenters. The van der Waals surface area contributed by atoms with Gasteiger partial charge in [-0.2, -0.15) is 0 Å². The molecule has 0 fully saturated rings. The minimum atomic E-state index is -0.171. The highest BCUT2D eigenvalue weighted by atomic mass is 16.2. The molecular formula is C19H22N2O. The van der Waals surface area contributed by atoms with Crippen molar-refractivity contribution in [2.24, 2.45) is 0 Å². The van der Waals surface area contributed by atoms with Gasteiger partial charge in [-0.3, -0.25) is 4.79 Å². The van der Waals surface area contributed by atoms with E-state index in [2.05, 4.69) is 35.8 Å². The lowest BCUT2D eigenvalue weighted by molar-refractivity contribution is -0.117. The summed E-state index contributed by atoms with van der Waals surface area (Å²) in [5, 5.41) is 6.46. The van der Waals surface area contributed by atoms with Crippen molar-refractivity contribution in [1.82, 2.24) is 0 Å². The largest absolute Gasteiger partial charge is 0.373 e. The highest BCUT2D eigenvalue weighted by Gasteiger charge is 2.24. The molecule has 0 aliphatic carbocycles. The van der Waals surface area contributed by atoms with Gasteiger partial charge in [0.1, 0.15) is 6.04 Å². The van der Waals surface area contributed by atoms with Crippen LogP contribution in [0.4, 0.5) is 11.4 Å². The standard InChI is InChI=1S/C19H22N2O/c1-12-10-13(2)18(14(3)11-12)21-19(22)17-9-8-15-6-4-5-7-16(15)20-17/h4-7,10-11,17,20H,8-9H2,1-3H3,(H,21,22). The quantitative estimate of drug-likeness (QED) is 0.879. The van der Waals surface area contributed by atoms with Crippen molar-refractivity contribution in [1.29, 1.82) is 0 Å². The average Bonchev–Trinajstić information content (AvgIpc) is 2.50. The van der Waals surface area contributed by atoms with Gasteiger partial charge in [0.15, 0.2) is 0 Å². The molecule has 3 rings (SSSR count). The lowest BCUT2D eigenvalue weighted by Gasteiger charge is -2.26. The van der Waals surface area contributed by atoms with Gasteiger partial charge in [-0.05, 0) is 56.4 Å². The number of carbonyl (C=O) groups excluding carboxylic acids is 1. The molecule has 3 heteroatoms. The molecule has 0 bridgehead atoms. The van der Waals surface area contributed by atoms with Crippen molar-refractivity contribution >= 4 is 17.3 Å². The molecule has 1 aliphatic rings. The summed E-state index contributed by atoms with van der Waals surface area (Å²) in [6.45, 7) is 6.16. The van der Waals surface area contributed by atoms with E-state index in [9.17, 15) is 4.79 Å². The smallest absolute Gasteiger partial charge is 0.246 e. The number of aryl methyl sites for hydroxylation is 4. The Kier molecular flexibility index (Phi) is 3.88. The van der Waals surface area contributed by atoms with Crippen molar-refractivity contribution in [3.8, 4) is 0 Å². The van der Waals surface area contributed by atoms with Gasteiger partial charge in [0, 0.05) is 11.4 Å². The Bertz CT molecular complexity index is 698. The van der Waals surface area contributed by atoms with Crippen LogP contribution in [0, 0.1) is 20.8 Å². The Morgan fingerprint density at radius 1 is 1.14 bits per heavy atom. The summed E-state index contributed by atoms with van der Waals surface area (Å²) < 4.78 is 0. The normalized spacial score (nSPS) is 16.6. The van der Waals surface area contributed by atoms with Gasteiger partial charge in [-0.1, -0.05) is 35.9 Å². The van der Waals surface area contributed by atoms with Crippen LogP contribution in [0.1, 0.15) is 28.7 Å². The third-order valence-electron chi connectivity index (χ3n) is 4.29. The summed E-state index contributed by atoms with van der Waals surface area (Å²) >= 11 is 0. The van der Waals surface area contributed by atoms with Crippen LogP contribution >= 0.6 is 0 Å². The third kappa shape index (κ3) is 2.84. The molecule has 22 heavy (non-hydrogen) atoms. The van der Waals surface area contributed by atoms with E-state index in [0.29, 0.717) is 0 Å². The van der Waals surface area contributed by atoms with Crippen LogP contribution in [0.3, 0.4) is 0 Å². The van der Waals surface area contributed by atoms with E-state index in [0.717, 1.165) is 35.3 Å². The number of anilines is 2. The second-order valence-electron chi connectivity index (χ2n) is 6.16. The van der Waals surface area contributed by atoms with E-state index in [4.69, 9.17) is 0 Å². The van der Waals surface area contributed by atoms with Gasteiger partial charge < -0.3 is 10.6 Å². The van der Waals surface area contributed by atoms with Crippen molar-refractivity contribution in [3.05, 3.63) is 58.7 Å². The summed E-state index contributed by atoms with van der Waals surface area (Å²) in [7, 11) is 0. The predicted molar refractivity (Wildman–Crippen MR) is 91.5 cm³/mol. The van der Waals surface area contributed by atoms with Crippen LogP contribution in [0.15, 0.2) is 36.4 Å². The Morgan fingerprint density at radius 3 is 2.55 bits per heavy atom. The molecule has 114 valence electrons. The van der Waals surface area contributed by atoms with Crippen molar-refractivity contribution in [2.45, 2.75) is 39.7 Å². The fourth-order valence-electron chi connectivity index (χ4n) is 3.22. The number of hydrogen-bond donors (Lipinski definition) is 2. The molecule has 2 aromatic rings. The monoisotopic (exact) mass is 294 g/mol. The van der Waals surface area contributed by atoms with Gasteiger partial charge in [0.25, 0.3) is 0 Å². The summed E-state index contributed by atoms with van der Waals surface area (Å²) in [5.41, 5.74) is 6.75. The zero-order chi connectivity index (χ0) is 15.7. The van der Waals surface area contributed by atoms with Crippen LogP contribution < -0.4 is 10.6 Å². The zero-order valence-corrected chi connectivity index (χ0v) is 13.4. The second-order valence-corrected chi connectivity index (χ2v) is 6.16. The van der Waals surface area contributed by atoms with E-state index in [1.54, 1.807) is 0 Å². The van der Waals surface area contributed by atoms with Gasteiger partial charge in [-0.15, -0.1) is 0 Å². The number of para-hydroxylation sites is 1. The molecule has 1 atom stereocenters. The molecule has 1 amide bonds. The third-order valence-corrected chi connectivity index (χ3v) is 4.29. The number of benzene rings is 2. The number of fused-ring (bicyclic) bond motifs is 1. The van der Waals surface area contributed by atoms with Crippen LogP contribution in [-0.2, 0) is 11.2 Å². The maximum Gasteiger partial charge on any atom is 0.246 e. The van der Waals surface area contributed by atoms with E-state index in [1.165, 1.54) is 11.1 Å². The fourth-order valence-corrected chi connectivity index (χ4v) is 3.22. The lowest BCUT2D eigenvalue weighted by atomic mass is 9.97. The zero-order valence-electron chi connectivity index (χ0n) is 13.4. The van der Waals surface area contributed by atoms with Crippen LogP contribution in [-0.4, -0.2) is 11.9 Å². The fraction of sp³-hybridized carbons (Fsp3) is 0.316. The summed E-state index contributed by atoms with van der Waals surface area (Å²) in [4.78, 5) is 12.6. The maximum absolute atomic E-state index is 12.6. The van der Waals surface area contributed by atoms with Crippen LogP contribution in [0.5, 0.6) is 0 Å². The predicted octanol–water partition coefficient (Wildman–Crippen LogP) is 3.98. The SMILES string of the molecule is Cc1cc(C)c(NC(=O)C2CCc3ccccc3N2)c(C)c1. The topological polar surface area (TPSA) is 41.1 Å². The molecule has 1 aliphatic heterocycles. The average molecular weight is 294 g/mol.